The Hall–Kier alpha value is -0.0400. The lowest BCUT2D eigenvalue weighted by Gasteiger charge is -2.48. The highest BCUT2D eigenvalue weighted by atomic mass is 14.8. The molecule has 0 aliphatic rings. The molecule has 0 heterocycles. The fraction of sp³-hybridized carbons (Fsp3) is 1.00. The van der Waals surface area contributed by atoms with Gasteiger partial charge in [0.1, 0.15) is 0 Å². The Bertz CT molecular complexity index is 182. The second-order valence-corrected chi connectivity index (χ2v) is 7.13. The maximum absolute atomic E-state index is 7.03. The monoisotopic (exact) mass is 283 g/mol. The molecule has 0 aliphatic heterocycles. The normalized spacial score (nSPS) is 12.9. The third-order valence-electron chi connectivity index (χ3n) is 5.32. The first kappa shape index (κ1) is 20.0. The van der Waals surface area contributed by atoms with Gasteiger partial charge >= 0.3 is 0 Å². The molecule has 0 bridgehead atoms. The van der Waals surface area contributed by atoms with E-state index < -0.39 is 0 Å². The molecule has 20 heavy (non-hydrogen) atoms. The number of hydrogen-bond donors (Lipinski definition) is 1. The average molecular weight is 284 g/mol. The van der Waals surface area contributed by atoms with Gasteiger partial charge in [0, 0.05) is 5.54 Å². The zero-order valence-corrected chi connectivity index (χ0v) is 15.1. The molecular formula is C19H41N. The van der Waals surface area contributed by atoms with E-state index in [-0.39, 0.29) is 5.54 Å². The smallest absolute Gasteiger partial charge is 0.0208 e. The summed E-state index contributed by atoms with van der Waals surface area (Å²) in [5.41, 5.74) is 7.43. The predicted octanol–water partition coefficient (Wildman–Crippen LogP) is 6.45. The van der Waals surface area contributed by atoms with Crippen molar-refractivity contribution in [3.8, 4) is 0 Å². The molecule has 0 spiro atoms. The second kappa shape index (κ2) is 10.7. The van der Waals surface area contributed by atoms with Gasteiger partial charge in [0.25, 0.3) is 0 Å². The summed E-state index contributed by atoms with van der Waals surface area (Å²) in [6.45, 7) is 11.7. The quantitative estimate of drug-likeness (QED) is 0.413. The zero-order valence-electron chi connectivity index (χ0n) is 15.1. The van der Waals surface area contributed by atoms with Gasteiger partial charge in [-0.25, -0.2) is 0 Å². The van der Waals surface area contributed by atoms with Gasteiger partial charge in [0.2, 0.25) is 0 Å². The van der Waals surface area contributed by atoms with Crippen molar-refractivity contribution in [2.75, 3.05) is 0 Å². The Labute approximate surface area is 129 Å². The first-order valence-electron chi connectivity index (χ1n) is 9.28. The van der Waals surface area contributed by atoms with Gasteiger partial charge in [-0.1, -0.05) is 86.0 Å². The molecule has 2 N–H and O–H groups in total. The first-order valence-corrected chi connectivity index (χ1v) is 9.28. The van der Waals surface area contributed by atoms with Crippen molar-refractivity contribution < 1.29 is 0 Å². The average Bonchev–Trinajstić information content (AvgIpc) is 2.46. The van der Waals surface area contributed by atoms with Gasteiger partial charge < -0.3 is 5.73 Å². The summed E-state index contributed by atoms with van der Waals surface area (Å²) in [6, 6.07) is 0. The van der Waals surface area contributed by atoms with Gasteiger partial charge in [0.15, 0.2) is 0 Å². The van der Waals surface area contributed by atoms with Crippen LogP contribution in [0, 0.1) is 5.41 Å². The van der Waals surface area contributed by atoms with Crippen LogP contribution in [0.3, 0.4) is 0 Å². The van der Waals surface area contributed by atoms with Crippen LogP contribution in [0.25, 0.3) is 0 Å². The predicted molar refractivity (Wildman–Crippen MR) is 93.1 cm³/mol. The molecule has 0 fully saturated rings. The fourth-order valence-electron chi connectivity index (χ4n) is 3.47. The van der Waals surface area contributed by atoms with Crippen LogP contribution in [0.2, 0.25) is 0 Å². The number of unbranched alkanes of at least 4 members (excludes halogenated alkanes) is 4. The molecule has 0 radical (unpaired) electrons. The summed E-state index contributed by atoms with van der Waals surface area (Å²) >= 11 is 0. The molecular weight excluding hydrogens is 242 g/mol. The molecule has 0 amide bonds. The molecule has 0 aromatic carbocycles. The molecule has 0 aromatic rings. The largest absolute Gasteiger partial charge is 0.325 e. The summed E-state index contributed by atoms with van der Waals surface area (Å²) in [5.74, 6) is 0. The summed E-state index contributed by atoms with van der Waals surface area (Å²) in [7, 11) is 0. The van der Waals surface area contributed by atoms with E-state index in [1.54, 1.807) is 0 Å². The van der Waals surface area contributed by atoms with Crippen molar-refractivity contribution in [3.63, 3.8) is 0 Å². The van der Waals surface area contributed by atoms with Crippen LogP contribution in [0.15, 0.2) is 0 Å². The maximum Gasteiger partial charge on any atom is 0.0208 e. The summed E-state index contributed by atoms with van der Waals surface area (Å²) in [4.78, 5) is 0. The standard InChI is InChI=1S/C19H41N/c1-6-10-14-18(5,15-11-7-2)19(20,16-12-8-3)17-13-9-4/h6-17,20H2,1-5H3. The minimum absolute atomic E-state index is 0.0589. The lowest BCUT2D eigenvalue weighted by Crippen LogP contribution is -2.54. The first-order chi connectivity index (χ1) is 9.49. The number of hydrogen-bond acceptors (Lipinski definition) is 1. The Morgan fingerprint density at radius 2 is 0.900 bits per heavy atom. The second-order valence-electron chi connectivity index (χ2n) is 7.13. The van der Waals surface area contributed by atoms with E-state index in [1.807, 2.05) is 0 Å². The summed E-state index contributed by atoms with van der Waals surface area (Å²) < 4.78 is 0. The number of rotatable bonds is 13. The van der Waals surface area contributed by atoms with Crippen LogP contribution >= 0.6 is 0 Å². The Morgan fingerprint density at radius 3 is 1.20 bits per heavy atom. The third kappa shape index (κ3) is 6.16. The SMILES string of the molecule is CCCCC(C)(CCCC)C(N)(CCCC)CCCC. The minimum Gasteiger partial charge on any atom is -0.325 e. The third-order valence-corrected chi connectivity index (χ3v) is 5.32. The Kier molecular flexibility index (Phi) is 10.6. The van der Waals surface area contributed by atoms with E-state index in [1.165, 1.54) is 77.0 Å². The summed E-state index contributed by atoms with van der Waals surface area (Å²) in [5, 5.41) is 0. The van der Waals surface area contributed by atoms with E-state index in [2.05, 4.69) is 34.6 Å². The van der Waals surface area contributed by atoms with Crippen LogP contribution in [0.5, 0.6) is 0 Å². The Morgan fingerprint density at radius 1 is 0.600 bits per heavy atom. The molecule has 1 nitrogen and oxygen atoms in total. The summed E-state index contributed by atoms with van der Waals surface area (Å²) in [6.07, 6.45) is 15.4. The van der Waals surface area contributed by atoms with Crippen molar-refractivity contribution in [3.05, 3.63) is 0 Å². The van der Waals surface area contributed by atoms with Crippen molar-refractivity contribution in [2.45, 2.75) is 117 Å². The van der Waals surface area contributed by atoms with Crippen LogP contribution in [-0.2, 0) is 0 Å². The molecule has 1 heteroatoms. The van der Waals surface area contributed by atoms with Gasteiger partial charge in [-0.2, -0.15) is 0 Å². The van der Waals surface area contributed by atoms with Crippen molar-refractivity contribution in [1.82, 2.24) is 0 Å². The minimum atomic E-state index is 0.0589. The van der Waals surface area contributed by atoms with Crippen molar-refractivity contribution in [1.29, 1.82) is 0 Å². The van der Waals surface area contributed by atoms with Crippen LogP contribution in [0.1, 0.15) is 112 Å². The highest BCUT2D eigenvalue weighted by Crippen LogP contribution is 2.45. The van der Waals surface area contributed by atoms with E-state index in [0.717, 1.165) is 0 Å². The molecule has 0 aromatic heterocycles. The molecule has 0 unspecified atom stereocenters. The lowest BCUT2D eigenvalue weighted by molar-refractivity contribution is 0.0856. The fourth-order valence-corrected chi connectivity index (χ4v) is 3.47. The highest BCUT2D eigenvalue weighted by molar-refractivity contribution is 4.99. The van der Waals surface area contributed by atoms with Gasteiger partial charge in [-0.05, 0) is 31.1 Å². The molecule has 0 saturated carbocycles. The molecule has 0 rings (SSSR count). The van der Waals surface area contributed by atoms with Crippen LogP contribution in [-0.4, -0.2) is 5.54 Å². The maximum atomic E-state index is 7.03. The molecule has 0 saturated heterocycles. The zero-order chi connectivity index (χ0) is 15.5. The highest BCUT2D eigenvalue weighted by Gasteiger charge is 2.42. The van der Waals surface area contributed by atoms with E-state index in [0.29, 0.717) is 5.41 Å². The van der Waals surface area contributed by atoms with Crippen molar-refractivity contribution in [2.24, 2.45) is 11.1 Å². The van der Waals surface area contributed by atoms with Gasteiger partial charge in [-0.3, -0.25) is 0 Å². The van der Waals surface area contributed by atoms with E-state index >= 15 is 0 Å². The topological polar surface area (TPSA) is 26.0 Å². The Balaban J connectivity index is 5.02. The molecule has 0 aliphatic carbocycles. The molecule has 122 valence electrons. The lowest BCUT2D eigenvalue weighted by atomic mass is 9.62. The molecule has 0 atom stereocenters. The van der Waals surface area contributed by atoms with E-state index in [4.69, 9.17) is 5.73 Å². The van der Waals surface area contributed by atoms with Gasteiger partial charge in [-0.15, -0.1) is 0 Å². The van der Waals surface area contributed by atoms with Crippen LogP contribution in [0.4, 0.5) is 0 Å². The van der Waals surface area contributed by atoms with Crippen LogP contribution < -0.4 is 5.73 Å². The number of nitrogens with two attached hydrogens (primary N) is 1. The van der Waals surface area contributed by atoms with E-state index in [9.17, 15) is 0 Å². The van der Waals surface area contributed by atoms with Crippen molar-refractivity contribution >= 4 is 0 Å². The van der Waals surface area contributed by atoms with Gasteiger partial charge in [0.05, 0.1) is 0 Å².